The van der Waals surface area contributed by atoms with Gasteiger partial charge < -0.3 is 25.0 Å². The summed E-state index contributed by atoms with van der Waals surface area (Å²) < 4.78 is 49.2. The largest absolute Gasteiger partial charge is 0.471 e. The number of hydrogen-bond donors (Lipinski definition) is 4. The van der Waals surface area contributed by atoms with Gasteiger partial charge >= 0.3 is 17.8 Å². The maximum atomic E-state index is 12.5. The lowest BCUT2D eigenvalue weighted by atomic mass is 9.96. The Morgan fingerprint density at radius 1 is 1.37 bits per heavy atom. The van der Waals surface area contributed by atoms with Gasteiger partial charge in [0, 0.05) is 24.2 Å². The molecule has 16 heteroatoms. The standard InChI is InChI=1S/C25H27F3N4O9/c1-13(2)21(16-6-5-14(8-17(16)32(38)39)4-3-7-29-23(36)25(26,27)28)40-12-15-10-31(24(37)30-22(15)35)20-9-18(34)19(11-33)41-20/h5-6,8,10,13,18-21,33-34H,7,9,11-12H2,1-2H3,(H,29,36)(H,30,35,37)/t18-,19-,20-,21-/m1/s1. The SMILES string of the molecule is CC(C)[C@@H](OCc1cn([C@H]2C[C@@H](O)[C@@H](CO)O2)c(=O)[nH]c1=O)c1ccc(C#CCNC(=O)C(F)(F)F)cc1[N+](=O)[O-]. The van der Waals surface area contributed by atoms with Gasteiger partial charge in [-0.05, 0) is 18.1 Å². The van der Waals surface area contributed by atoms with Gasteiger partial charge in [0.25, 0.3) is 11.2 Å². The molecule has 1 fully saturated rings. The van der Waals surface area contributed by atoms with Gasteiger partial charge in [-0.15, -0.1) is 0 Å². The molecular weight excluding hydrogens is 557 g/mol. The molecule has 1 aromatic carbocycles. The van der Waals surface area contributed by atoms with Crippen LogP contribution in [0.25, 0.3) is 0 Å². The summed E-state index contributed by atoms with van der Waals surface area (Å²) >= 11 is 0. The van der Waals surface area contributed by atoms with Crippen molar-refractivity contribution < 1.29 is 42.6 Å². The van der Waals surface area contributed by atoms with E-state index in [-0.39, 0.29) is 35.6 Å². The number of rotatable bonds is 9. The van der Waals surface area contributed by atoms with Gasteiger partial charge in [-0.3, -0.25) is 29.3 Å². The number of alkyl halides is 3. The van der Waals surface area contributed by atoms with Crippen molar-refractivity contribution in [2.45, 2.75) is 57.6 Å². The lowest BCUT2D eigenvalue weighted by molar-refractivity contribution is -0.386. The number of hydrogen-bond acceptors (Lipinski definition) is 9. The van der Waals surface area contributed by atoms with Crippen LogP contribution in [0.3, 0.4) is 0 Å². The van der Waals surface area contributed by atoms with Gasteiger partial charge in [0.05, 0.1) is 48.0 Å². The van der Waals surface area contributed by atoms with E-state index in [9.17, 15) is 47.9 Å². The first-order valence-electron chi connectivity index (χ1n) is 12.3. The van der Waals surface area contributed by atoms with Gasteiger partial charge in [0.2, 0.25) is 0 Å². The average molecular weight is 585 g/mol. The molecule has 0 radical (unpaired) electrons. The number of H-pyrrole nitrogens is 1. The number of amides is 1. The van der Waals surface area contributed by atoms with E-state index in [4.69, 9.17) is 9.47 Å². The summed E-state index contributed by atoms with van der Waals surface area (Å²) in [5, 5.41) is 32.7. The minimum absolute atomic E-state index is 0.00756. The molecule has 0 spiro atoms. The number of nitro benzene ring substituents is 1. The third-order valence-electron chi connectivity index (χ3n) is 6.12. The lowest BCUT2D eigenvalue weighted by Gasteiger charge is -2.22. The first kappa shape index (κ1) is 31.5. The summed E-state index contributed by atoms with van der Waals surface area (Å²) in [6.07, 6.45) is -7.68. The highest BCUT2D eigenvalue weighted by Crippen LogP contribution is 2.34. The Morgan fingerprint density at radius 2 is 2.07 bits per heavy atom. The third kappa shape index (κ3) is 7.79. The number of carbonyl (C=O) groups excluding carboxylic acids is 1. The van der Waals surface area contributed by atoms with Crippen molar-refractivity contribution in [3.05, 3.63) is 72.0 Å². The number of benzene rings is 1. The smallest absolute Gasteiger partial charge is 0.394 e. The summed E-state index contributed by atoms with van der Waals surface area (Å²) in [4.78, 5) is 49.0. The molecule has 2 heterocycles. The zero-order chi connectivity index (χ0) is 30.5. The second-order valence-electron chi connectivity index (χ2n) is 9.42. The summed E-state index contributed by atoms with van der Waals surface area (Å²) in [5.74, 6) is 2.25. The molecule has 0 bridgehead atoms. The van der Waals surface area contributed by atoms with Crippen LogP contribution in [0.1, 0.15) is 49.3 Å². The number of aliphatic hydroxyl groups excluding tert-OH is 2. The van der Waals surface area contributed by atoms with Crippen LogP contribution in [0.2, 0.25) is 0 Å². The van der Waals surface area contributed by atoms with E-state index in [0.717, 1.165) is 10.6 Å². The molecule has 0 saturated carbocycles. The number of ether oxygens (including phenoxy) is 2. The van der Waals surface area contributed by atoms with Gasteiger partial charge in [-0.25, -0.2) is 4.79 Å². The molecule has 0 aliphatic carbocycles. The molecule has 2 aromatic rings. The normalized spacial score (nSPS) is 19.5. The number of aromatic nitrogens is 2. The van der Waals surface area contributed by atoms with Crippen molar-refractivity contribution in [1.29, 1.82) is 0 Å². The fraction of sp³-hybridized carbons (Fsp3) is 0.480. The Kier molecular flexibility index (Phi) is 10.0. The Hall–Kier alpha value is -4.04. The predicted molar refractivity (Wildman–Crippen MR) is 134 cm³/mol. The molecule has 1 aliphatic heterocycles. The Bertz CT molecular complexity index is 1460. The van der Waals surface area contributed by atoms with E-state index in [1.165, 1.54) is 18.3 Å². The molecule has 4 N–H and O–H groups in total. The first-order chi connectivity index (χ1) is 19.2. The molecule has 13 nitrogen and oxygen atoms in total. The molecule has 3 rings (SSSR count). The van der Waals surface area contributed by atoms with Crippen LogP contribution >= 0.6 is 0 Å². The topological polar surface area (TPSA) is 186 Å². The van der Waals surface area contributed by atoms with Crippen LogP contribution in [0.4, 0.5) is 18.9 Å². The molecule has 41 heavy (non-hydrogen) atoms. The van der Waals surface area contributed by atoms with E-state index in [2.05, 4.69) is 16.8 Å². The fourth-order valence-electron chi connectivity index (χ4n) is 4.11. The Balaban J connectivity index is 1.82. The highest BCUT2D eigenvalue weighted by Gasteiger charge is 2.38. The molecule has 1 saturated heterocycles. The van der Waals surface area contributed by atoms with E-state index >= 15 is 0 Å². The van der Waals surface area contributed by atoms with Crippen LogP contribution in [-0.2, 0) is 20.9 Å². The van der Waals surface area contributed by atoms with E-state index in [1.54, 1.807) is 19.2 Å². The first-order valence-corrected chi connectivity index (χ1v) is 12.3. The monoisotopic (exact) mass is 584 g/mol. The quantitative estimate of drug-likeness (QED) is 0.190. The van der Waals surface area contributed by atoms with Gasteiger partial charge in [-0.1, -0.05) is 25.7 Å². The number of halogens is 3. The maximum absolute atomic E-state index is 12.5. The van der Waals surface area contributed by atoms with E-state index in [0.29, 0.717) is 0 Å². The van der Waals surface area contributed by atoms with Crippen molar-refractivity contribution in [2.75, 3.05) is 13.2 Å². The van der Waals surface area contributed by atoms with Crippen LogP contribution < -0.4 is 16.6 Å². The molecule has 1 aromatic heterocycles. The summed E-state index contributed by atoms with van der Waals surface area (Å²) in [7, 11) is 0. The zero-order valence-electron chi connectivity index (χ0n) is 21.8. The number of nitrogens with zero attached hydrogens (tertiary/aromatic N) is 2. The molecular formula is C25H27F3N4O9. The Morgan fingerprint density at radius 3 is 2.66 bits per heavy atom. The van der Waals surface area contributed by atoms with Crippen LogP contribution in [0.15, 0.2) is 34.0 Å². The van der Waals surface area contributed by atoms with E-state index in [1.807, 2.05) is 0 Å². The van der Waals surface area contributed by atoms with Crippen LogP contribution in [0, 0.1) is 27.9 Å². The van der Waals surface area contributed by atoms with Crippen molar-refractivity contribution in [2.24, 2.45) is 5.92 Å². The van der Waals surface area contributed by atoms with Crippen molar-refractivity contribution >= 4 is 11.6 Å². The summed E-state index contributed by atoms with van der Waals surface area (Å²) in [5.41, 5.74) is -1.72. The average Bonchev–Trinajstić information content (AvgIpc) is 3.27. The molecule has 1 aliphatic rings. The number of nitro groups is 1. The zero-order valence-corrected chi connectivity index (χ0v) is 21.8. The lowest BCUT2D eigenvalue weighted by Crippen LogP contribution is -2.36. The second kappa shape index (κ2) is 13.1. The van der Waals surface area contributed by atoms with Gasteiger partial charge in [-0.2, -0.15) is 13.2 Å². The third-order valence-corrected chi connectivity index (χ3v) is 6.12. The second-order valence-corrected chi connectivity index (χ2v) is 9.42. The van der Waals surface area contributed by atoms with Gasteiger partial charge in [0.1, 0.15) is 12.3 Å². The predicted octanol–water partition coefficient (Wildman–Crippen LogP) is 1.03. The highest BCUT2D eigenvalue weighted by atomic mass is 19.4. The van der Waals surface area contributed by atoms with Crippen molar-refractivity contribution in [3.8, 4) is 11.8 Å². The molecule has 0 unspecified atom stereocenters. The number of nitrogens with one attached hydrogen (secondary N) is 2. The molecule has 4 atom stereocenters. The maximum Gasteiger partial charge on any atom is 0.471 e. The number of aliphatic hydroxyl groups is 2. The van der Waals surface area contributed by atoms with Crippen molar-refractivity contribution in [1.82, 2.24) is 14.9 Å². The minimum Gasteiger partial charge on any atom is -0.394 e. The van der Waals surface area contributed by atoms with Crippen LogP contribution in [-0.4, -0.2) is 62.1 Å². The Labute approximate surface area is 230 Å². The fourth-order valence-corrected chi connectivity index (χ4v) is 4.11. The highest BCUT2D eigenvalue weighted by molar-refractivity contribution is 5.81. The minimum atomic E-state index is -5.06. The molecule has 1 amide bonds. The van der Waals surface area contributed by atoms with E-state index < -0.39 is 71.6 Å². The van der Waals surface area contributed by atoms with Gasteiger partial charge in [0.15, 0.2) is 0 Å². The van der Waals surface area contributed by atoms with Crippen LogP contribution in [0.5, 0.6) is 0 Å². The summed E-state index contributed by atoms with van der Waals surface area (Å²) in [6, 6.07) is 3.88. The number of carbonyl (C=O) groups is 1. The summed E-state index contributed by atoms with van der Waals surface area (Å²) in [6.45, 7) is 1.97. The number of aromatic amines is 1. The molecule has 222 valence electrons. The van der Waals surface area contributed by atoms with Crippen molar-refractivity contribution in [3.63, 3.8) is 0 Å².